The molecule has 0 rings (SSSR count). The molecule has 0 bridgehead atoms. The van der Waals surface area contributed by atoms with Crippen molar-refractivity contribution in [1.29, 1.82) is 0 Å². The van der Waals surface area contributed by atoms with E-state index >= 15 is 0 Å². The van der Waals surface area contributed by atoms with Crippen LogP contribution in [0.4, 0.5) is 4.20 Å². The molecular weight excluding hydrogens is 153 g/mol. The Labute approximate surface area is 51.7 Å². The first-order chi connectivity index (χ1) is 3.56. The van der Waals surface area contributed by atoms with Gasteiger partial charge in [0.15, 0.2) is 0 Å². The van der Waals surface area contributed by atoms with Crippen LogP contribution in [0.5, 0.6) is 0 Å². The van der Waals surface area contributed by atoms with Crippen LogP contribution in [-0.2, 0) is 9.09 Å². The van der Waals surface area contributed by atoms with E-state index < -0.39 is 7.03 Å². The second-order valence-electron chi connectivity index (χ2n) is 0.989. The van der Waals surface area contributed by atoms with Crippen LogP contribution in [0.15, 0.2) is 12.3 Å². The van der Waals surface area contributed by atoms with Crippen LogP contribution in [0.1, 0.15) is 6.92 Å². The monoisotopic (exact) mass is 158 g/mol. The van der Waals surface area contributed by atoms with Crippen LogP contribution in [0, 0.1) is 0 Å². The molecule has 0 N–H and O–H groups in total. The van der Waals surface area contributed by atoms with Crippen molar-refractivity contribution < 1.29 is 13.3 Å². The van der Waals surface area contributed by atoms with E-state index in [1.165, 1.54) is 6.08 Å². The first-order valence-corrected chi connectivity index (χ1v) is 4.27. The average Bonchev–Trinajstić information content (AvgIpc) is 1.59. The maximum atomic E-state index is 11.6. The Morgan fingerprint density at radius 2 is 2.38 bits per heavy atom. The topological polar surface area (TPSA) is 26.3 Å². The summed E-state index contributed by atoms with van der Waals surface area (Å²) in [6.07, 6.45) is 2.32. The van der Waals surface area contributed by atoms with Gasteiger partial charge in [-0.15, -0.1) is 4.20 Å². The predicted octanol–water partition coefficient (Wildman–Crippen LogP) is 2.85. The second-order valence-corrected chi connectivity index (χ2v) is 3.24. The Bertz CT molecular complexity index is 129. The first-order valence-electron chi connectivity index (χ1n) is 1.85. The van der Waals surface area contributed by atoms with E-state index in [9.17, 15) is 8.76 Å². The van der Waals surface area contributed by atoms with E-state index in [1.807, 2.05) is 0 Å². The van der Waals surface area contributed by atoms with Gasteiger partial charge in [0.25, 0.3) is 0 Å². The van der Waals surface area contributed by atoms with E-state index in [-0.39, 0.29) is 0 Å². The van der Waals surface area contributed by atoms with Crippen molar-refractivity contribution in [3.05, 3.63) is 12.3 Å². The predicted molar refractivity (Wildman–Crippen MR) is 30.5 cm³/mol. The van der Waals surface area contributed by atoms with Crippen LogP contribution in [0.25, 0.3) is 0 Å². The normalized spacial score (nSPS) is 18.4. The van der Waals surface area contributed by atoms with Gasteiger partial charge in [-0.05, 0) is 6.92 Å². The zero-order valence-corrected chi connectivity index (χ0v) is 5.82. The quantitative estimate of drug-likeness (QED) is 0.456. The first kappa shape index (κ1) is 7.99. The molecule has 48 valence electrons. The van der Waals surface area contributed by atoms with E-state index in [0.717, 1.165) is 6.26 Å². The molecule has 0 saturated carbocycles. The molecule has 8 heavy (non-hydrogen) atoms. The minimum atomic E-state index is -4.30. The third-order valence-corrected chi connectivity index (χ3v) is 0.926. The molecule has 0 fully saturated rings. The highest BCUT2D eigenvalue weighted by atomic mass is 35.7. The molecule has 5 heteroatoms. The van der Waals surface area contributed by atoms with Gasteiger partial charge in [-0.2, -0.15) is 0 Å². The van der Waals surface area contributed by atoms with Crippen molar-refractivity contribution in [3.63, 3.8) is 0 Å². The maximum Gasteiger partial charge on any atom is 0.513 e. The molecule has 0 aromatic rings. The smallest absolute Gasteiger partial charge is 0.419 e. The molecule has 0 aliphatic rings. The molecule has 0 amide bonds. The van der Waals surface area contributed by atoms with Crippen molar-refractivity contribution >= 4 is 18.3 Å². The Kier molecular flexibility index (Phi) is 3.10. The Hall–Kier alpha value is -0.0100. The molecule has 0 aromatic carbocycles. The lowest BCUT2D eigenvalue weighted by atomic mass is 10.8. The number of halogens is 2. The zero-order chi connectivity index (χ0) is 6.62. The summed E-state index contributed by atoms with van der Waals surface area (Å²) in [6, 6.07) is 0. The SMILES string of the molecule is CC=COP(=O)(F)Cl. The van der Waals surface area contributed by atoms with Crippen molar-refractivity contribution in [2.75, 3.05) is 0 Å². The van der Waals surface area contributed by atoms with Gasteiger partial charge in [0.2, 0.25) is 0 Å². The van der Waals surface area contributed by atoms with Gasteiger partial charge in [0, 0.05) is 11.2 Å². The highest BCUT2D eigenvalue weighted by Gasteiger charge is 2.14. The van der Waals surface area contributed by atoms with E-state index in [1.54, 1.807) is 6.92 Å². The van der Waals surface area contributed by atoms with Crippen LogP contribution in [0.2, 0.25) is 0 Å². The minimum Gasteiger partial charge on any atom is -0.419 e. The molecule has 0 radical (unpaired) electrons. The summed E-state index contributed by atoms with van der Waals surface area (Å²) in [4.78, 5) is 0. The second kappa shape index (κ2) is 3.10. The third kappa shape index (κ3) is 5.99. The lowest BCUT2D eigenvalue weighted by molar-refractivity contribution is 0.415. The van der Waals surface area contributed by atoms with E-state index in [4.69, 9.17) is 0 Å². The fourth-order valence-corrected chi connectivity index (χ4v) is 0.533. The molecule has 0 aliphatic carbocycles. The van der Waals surface area contributed by atoms with Gasteiger partial charge in [-0.3, -0.25) is 0 Å². The van der Waals surface area contributed by atoms with Crippen LogP contribution >= 0.6 is 18.3 Å². The summed E-state index contributed by atoms with van der Waals surface area (Å²) in [7, 11) is -4.30. The number of hydrogen-bond acceptors (Lipinski definition) is 2. The number of rotatable bonds is 2. The average molecular weight is 158 g/mol. The van der Waals surface area contributed by atoms with E-state index in [0.29, 0.717) is 0 Å². The zero-order valence-electron chi connectivity index (χ0n) is 4.17. The fourth-order valence-electron chi connectivity index (χ4n) is 0.132. The molecule has 0 heterocycles. The number of allylic oxidation sites excluding steroid dienone is 1. The Morgan fingerprint density at radius 3 is 2.50 bits per heavy atom. The van der Waals surface area contributed by atoms with Crippen LogP contribution in [-0.4, -0.2) is 0 Å². The van der Waals surface area contributed by atoms with Gasteiger partial charge < -0.3 is 4.52 Å². The largest absolute Gasteiger partial charge is 0.513 e. The van der Waals surface area contributed by atoms with Gasteiger partial charge in [0.05, 0.1) is 6.26 Å². The highest BCUT2D eigenvalue weighted by Crippen LogP contribution is 2.54. The summed E-state index contributed by atoms with van der Waals surface area (Å²) in [6.45, 7) is 1.59. The summed E-state index contributed by atoms with van der Waals surface area (Å²) in [5.74, 6) is 0. The standard InChI is InChI=1S/C3H5ClFO2P/c1-2-3-7-8(4,5)6/h2-3H,1H3. The van der Waals surface area contributed by atoms with Crippen molar-refractivity contribution in [3.8, 4) is 0 Å². The molecule has 1 unspecified atom stereocenters. The van der Waals surface area contributed by atoms with E-state index in [2.05, 4.69) is 15.8 Å². The lowest BCUT2D eigenvalue weighted by Crippen LogP contribution is -1.62. The van der Waals surface area contributed by atoms with Crippen LogP contribution in [0.3, 0.4) is 0 Å². The Balaban J connectivity index is 3.57. The lowest BCUT2D eigenvalue weighted by Gasteiger charge is -1.94. The maximum absolute atomic E-state index is 11.6. The molecule has 0 saturated heterocycles. The van der Waals surface area contributed by atoms with Crippen LogP contribution < -0.4 is 0 Å². The van der Waals surface area contributed by atoms with Crippen molar-refractivity contribution in [2.24, 2.45) is 0 Å². The van der Waals surface area contributed by atoms with Crippen molar-refractivity contribution in [2.45, 2.75) is 6.92 Å². The molecular formula is C3H5ClFO2P. The Morgan fingerprint density at radius 1 is 1.88 bits per heavy atom. The highest BCUT2D eigenvalue weighted by molar-refractivity contribution is 7.81. The summed E-state index contributed by atoms with van der Waals surface area (Å²) < 4.78 is 25.3. The minimum absolute atomic E-state index is 0.938. The molecule has 2 nitrogen and oxygen atoms in total. The summed E-state index contributed by atoms with van der Waals surface area (Å²) in [5.41, 5.74) is 0. The molecule has 0 aromatic heterocycles. The van der Waals surface area contributed by atoms with Gasteiger partial charge >= 0.3 is 7.03 Å². The van der Waals surface area contributed by atoms with Crippen molar-refractivity contribution in [1.82, 2.24) is 0 Å². The summed E-state index contributed by atoms with van der Waals surface area (Å²) in [5, 5.41) is 0. The van der Waals surface area contributed by atoms with Gasteiger partial charge in [-0.1, -0.05) is 6.08 Å². The fraction of sp³-hybridized carbons (Fsp3) is 0.333. The molecule has 1 atom stereocenters. The molecule has 0 aliphatic heterocycles. The molecule has 0 spiro atoms. The number of hydrogen-bond donors (Lipinski definition) is 0. The summed E-state index contributed by atoms with van der Waals surface area (Å²) >= 11 is 4.53. The van der Waals surface area contributed by atoms with Gasteiger partial charge in [-0.25, -0.2) is 4.57 Å². The third-order valence-electron chi connectivity index (χ3n) is 0.320. The van der Waals surface area contributed by atoms with Gasteiger partial charge in [0.1, 0.15) is 0 Å².